The van der Waals surface area contributed by atoms with Crippen LogP contribution >= 0.6 is 23.8 Å². The van der Waals surface area contributed by atoms with Crippen molar-refractivity contribution in [2.24, 2.45) is 4.99 Å². The van der Waals surface area contributed by atoms with Crippen LogP contribution in [0.15, 0.2) is 17.1 Å². The third-order valence-electron chi connectivity index (χ3n) is 1.43. The normalized spacial score (nSPS) is 8.47. The second-order valence-corrected chi connectivity index (χ2v) is 2.98. The molecule has 0 saturated carbocycles. The van der Waals surface area contributed by atoms with E-state index in [4.69, 9.17) is 16.3 Å². The maximum Gasteiger partial charge on any atom is 0.161 e. The third-order valence-corrected chi connectivity index (χ3v) is 1.82. The Labute approximate surface area is 96.7 Å². The summed E-state index contributed by atoms with van der Waals surface area (Å²) in [4.78, 5) is 3.52. The van der Waals surface area contributed by atoms with Crippen LogP contribution in [0, 0.1) is 17.8 Å². The molecule has 0 aliphatic rings. The van der Waals surface area contributed by atoms with E-state index in [1.165, 1.54) is 6.07 Å². The fraction of sp³-hybridized carbons (Fsp3) is 0.100. The zero-order valence-electron chi connectivity index (χ0n) is 7.67. The number of hydrogen-bond acceptors (Lipinski definition) is 3. The van der Waals surface area contributed by atoms with Gasteiger partial charge in [-0.3, -0.25) is 0 Å². The van der Waals surface area contributed by atoms with Gasteiger partial charge in [-0.15, -0.1) is 0 Å². The Hall–Kier alpha value is -1.40. The van der Waals surface area contributed by atoms with Gasteiger partial charge in [0, 0.05) is 13.0 Å². The van der Waals surface area contributed by atoms with E-state index in [0.717, 1.165) is 6.07 Å². The van der Waals surface area contributed by atoms with E-state index in [-0.39, 0.29) is 16.5 Å². The number of benzene rings is 1. The monoisotopic (exact) mass is 241 g/mol. The highest BCUT2D eigenvalue weighted by Crippen LogP contribution is 2.31. The molecule has 0 amide bonds. The topological polar surface area (TPSA) is 21.6 Å². The molecule has 0 heterocycles. The second-order valence-electron chi connectivity index (χ2n) is 2.39. The SMILES string of the molecule is CC#COc1cc(N=C=S)c(F)cc1Cl. The van der Waals surface area contributed by atoms with Crippen molar-refractivity contribution in [2.45, 2.75) is 6.92 Å². The van der Waals surface area contributed by atoms with Crippen LogP contribution in [0.4, 0.5) is 10.1 Å². The summed E-state index contributed by atoms with van der Waals surface area (Å²) in [5.41, 5.74) is 0.0160. The minimum absolute atomic E-state index is 0.0160. The first-order valence-corrected chi connectivity index (χ1v) is 4.63. The van der Waals surface area contributed by atoms with E-state index in [2.05, 4.69) is 34.4 Å². The summed E-state index contributed by atoms with van der Waals surface area (Å²) in [7, 11) is 0. The lowest BCUT2D eigenvalue weighted by Gasteiger charge is -2.02. The van der Waals surface area contributed by atoms with Gasteiger partial charge in [0.2, 0.25) is 0 Å². The van der Waals surface area contributed by atoms with Gasteiger partial charge in [-0.2, -0.15) is 4.99 Å². The number of rotatable bonds is 2. The Morgan fingerprint density at radius 2 is 2.27 bits per heavy atom. The molecule has 0 unspecified atom stereocenters. The van der Waals surface area contributed by atoms with Gasteiger partial charge >= 0.3 is 0 Å². The van der Waals surface area contributed by atoms with Gasteiger partial charge in [0.25, 0.3) is 0 Å². The summed E-state index contributed by atoms with van der Waals surface area (Å²) < 4.78 is 18.1. The van der Waals surface area contributed by atoms with Crippen LogP contribution in [0.1, 0.15) is 6.92 Å². The smallest absolute Gasteiger partial charge is 0.161 e. The summed E-state index contributed by atoms with van der Waals surface area (Å²) in [5, 5.41) is 2.18. The maximum atomic E-state index is 13.2. The van der Waals surface area contributed by atoms with Crippen molar-refractivity contribution in [2.75, 3.05) is 0 Å². The zero-order chi connectivity index (χ0) is 11.3. The predicted octanol–water partition coefficient (Wildman–Crippen LogP) is 3.57. The minimum Gasteiger partial charge on any atom is -0.406 e. The van der Waals surface area contributed by atoms with Gasteiger partial charge in [0.15, 0.2) is 11.6 Å². The Kier molecular flexibility index (Phi) is 4.26. The number of aliphatic imine (C=N–C) groups is 1. The van der Waals surface area contributed by atoms with Crippen LogP contribution in [0.25, 0.3) is 0 Å². The van der Waals surface area contributed by atoms with Gasteiger partial charge in [-0.25, -0.2) is 4.39 Å². The standard InChI is InChI=1S/C10H5ClFNOS/c1-2-3-14-10-5-9(13-6-15)8(12)4-7(10)11/h4-5H,1H3. The molecule has 0 spiro atoms. The minimum atomic E-state index is -0.589. The molecule has 0 aliphatic heterocycles. The summed E-state index contributed by atoms with van der Waals surface area (Å²) >= 11 is 10.1. The molecule has 0 aromatic heterocycles. The van der Waals surface area contributed by atoms with Gasteiger partial charge in [-0.1, -0.05) is 17.5 Å². The van der Waals surface area contributed by atoms with E-state index >= 15 is 0 Å². The molecule has 0 aliphatic carbocycles. The molecule has 5 heteroatoms. The van der Waals surface area contributed by atoms with Crippen molar-refractivity contribution < 1.29 is 9.13 Å². The van der Waals surface area contributed by atoms with Crippen LogP contribution in [0.2, 0.25) is 5.02 Å². The van der Waals surface area contributed by atoms with Crippen molar-refractivity contribution in [1.29, 1.82) is 0 Å². The highest BCUT2D eigenvalue weighted by atomic mass is 35.5. The average Bonchev–Trinajstić information content (AvgIpc) is 2.20. The second kappa shape index (κ2) is 5.47. The Morgan fingerprint density at radius 3 is 2.87 bits per heavy atom. The number of ether oxygens (including phenoxy) is 1. The summed E-state index contributed by atoms with van der Waals surface area (Å²) in [6, 6.07) is 2.39. The first-order chi connectivity index (χ1) is 7.19. The van der Waals surface area contributed by atoms with E-state index < -0.39 is 5.82 Å². The Balaban J connectivity index is 3.20. The third kappa shape index (κ3) is 3.03. The lowest BCUT2D eigenvalue weighted by Crippen LogP contribution is -1.86. The van der Waals surface area contributed by atoms with Gasteiger partial charge in [-0.05, 0) is 18.3 Å². The largest absolute Gasteiger partial charge is 0.406 e. The van der Waals surface area contributed by atoms with Crippen molar-refractivity contribution >= 4 is 34.7 Å². The van der Waals surface area contributed by atoms with Crippen molar-refractivity contribution in [3.05, 3.63) is 23.0 Å². The molecule has 15 heavy (non-hydrogen) atoms. The average molecular weight is 242 g/mol. The molecule has 0 bridgehead atoms. The molecule has 0 fully saturated rings. The highest BCUT2D eigenvalue weighted by molar-refractivity contribution is 7.78. The molecule has 0 radical (unpaired) electrons. The number of halogens is 2. The molecule has 76 valence electrons. The Bertz CT molecular complexity index is 486. The number of nitrogens with zero attached hydrogens (tertiary/aromatic N) is 1. The van der Waals surface area contributed by atoms with Crippen molar-refractivity contribution in [3.8, 4) is 17.8 Å². The number of hydrogen-bond donors (Lipinski definition) is 0. The molecular weight excluding hydrogens is 237 g/mol. The van der Waals surface area contributed by atoms with Crippen LogP contribution in [0.5, 0.6) is 5.75 Å². The zero-order valence-corrected chi connectivity index (χ0v) is 9.25. The molecular formula is C10H5ClFNOS. The predicted molar refractivity (Wildman–Crippen MR) is 60.2 cm³/mol. The van der Waals surface area contributed by atoms with Crippen LogP contribution < -0.4 is 4.74 Å². The highest BCUT2D eigenvalue weighted by Gasteiger charge is 2.08. The van der Waals surface area contributed by atoms with Gasteiger partial charge < -0.3 is 4.74 Å². The molecule has 0 atom stereocenters. The molecule has 1 aromatic carbocycles. The molecule has 0 N–H and O–H groups in total. The van der Waals surface area contributed by atoms with Crippen molar-refractivity contribution in [1.82, 2.24) is 0 Å². The van der Waals surface area contributed by atoms with Crippen LogP contribution in [-0.4, -0.2) is 5.16 Å². The van der Waals surface area contributed by atoms with E-state index in [1.54, 1.807) is 6.92 Å². The summed E-state index contributed by atoms with van der Waals surface area (Å²) in [6.07, 6.45) is 2.35. The lowest BCUT2D eigenvalue weighted by atomic mass is 10.3. The van der Waals surface area contributed by atoms with Crippen molar-refractivity contribution in [3.63, 3.8) is 0 Å². The van der Waals surface area contributed by atoms with Gasteiger partial charge in [0.05, 0.1) is 10.2 Å². The number of isothiocyanates is 1. The van der Waals surface area contributed by atoms with Crippen LogP contribution in [-0.2, 0) is 0 Å². The molecule has 2 nitrogen and oxygen atoms in total. The van der Waals surface area contributed by atoms with Gasteiger partial charge in [0.1, 0.15) is 11.8 Å². The molecule has 0 saturated heterocycles. The van der Waals surface area contributed by atoms with Crippen LogP contribution in [0.3, 0.4) is 0 Å². The fourth-order valence-electron chi connectivity index (χ4n) is 0.837. The first-order valence-electron chi connectivity index (χ1n) is 3.84. The number of thiocarbonyl (C=S) groups is 1. The maximum absolute atomic E-state index is 13.2. The Morgan fingerprint density at radius 1 is 1.53 bits per heavy atom. The fourth-order valence-corrected chi connectivity index (χ4v) is 1.12. The lowest BCUT2D eigenvalue weighted by molar-refractivity contribution is 0.517. The molecule has 1 aromatic rings. The van der Waals surface area contributed by atoms with E-state index in [9.17, 15) is 4.39 Å². The molecule has 1 rings (SSSR count). The van der Waals surface area contributed by atoms with E-state index in [1.807, 2.05) is 0 Å². The quantitative estimate of drug-likeness (QED) is 0.449. The van der Waals surface area contributed by atoms with E-state index in [0.29, 0.717) is 0 Å². The summed E-state index contributed by atoms with van der Waals surface area (Å²) in [5.74, 6) is 2.16. The summed E-state index contributed by atoms with van der Waals surface area (Å²) in [6.45, 7) is 1.60. The first kappa shape index (κ1) is 11.7.